The maximum atomic E-state index is 3.90. The van der Waals surface area contributed by atoms with Crippen molar-refractivity contribution in [1.29, 1.82) is 0 Å². The lowest BCUT2D eigenvalue weighted by molar-refractivity contribution is 1.13. The minimum Gasteiger partial charge on any atom is -0.377 e. The van der Waals surface area contributed by atoms with E-state index in [1.54, 1.807) is 0 Å². The van der Waals surface area contributed by atoms with Gasteiger partial charge in [-0.2, -0.15) is 0 Å². The van der Waals surface area contributed by atoms with Crippen LogP contribution in [0.25, 0.3) is 17.2 Å². The van der Waals surface area contributed by atoms with Gasteiger partial charge in [-0.15, -0.1) is 0 Å². The standard InChI is InChI=1S/C16H17N/c1-4-13-11-8-12-15(17(2)3)16(13)14-9-6-5-7-10-14/h4-12H,1H2,2-3H3. The monoisotopic (exact) mass is 223 g/mol. The number of nitrogens with zero attached hydrogens (tertiary/aromatic N) is 1. The van der Waals surface area contributed by atoms with Crippen molar-refractivity contribution in [2.75, 3.05) is 19.0 Å². The number of hydrogen-bond donors (Lipinski definition) is 0. The van der Waals surface area contributed by atoms with Crippen LogP contribution in [0.5, 0.6) is 0 Å². The Kier molecular flexibility index (Phi) is 3.29. The molecule has 86 valence electrons. The van der Waals surface area contributed by atoms with Crippen LogP contribution in [0.1, 0.15) is 5.56 Å². The third kappa shape index (κ3) is 2.23. The molecule has 0 bridgehead atoms. The van der Waals surface area contributed by atoms with E-state index in [0.717, 1.165) is 0 Å². The van der Waals surface area contributed by atoms with E-state index in [4.69, 9.17) is 0 Å². The quantitative estimate of drug-likeness (QED) is 0.758. The van der Waals surface area contributed by atoms with Crippen LogP contribution in [-0.2, 0) is 0 Å². The number of benzene rings is 2. The van der Waals surface area contributed by atoms with Crippen molar-refractivity contribution in [3.63, 3.8) is 0 Å². The van der Waals surface area contributed by atoms with Crippen LogP contribution in [0.3, 0.4) is 0 Å². The Morgan fingerprint density at radius 2 is 1.65 bits per heavy atom. The summed E-state index contributed by atoms with van der Waals surface area (Å²) in [7, 11) is 4.13. The predicted molar refractivity (Wildman–Crippen MR) is 76.3 cm³/mol. The summed E-state index contributed by atoms with van der Waals surface area (Å²) in [6.07, 6.45) is 1.91. The molecule has 0 spiro atoms. The number of rotatable bonds is 3. The Hall–Kier alpha value is -2.02. The summed E-state index contributed by atoms with van der Waals surface area (Å²) >= 11 is 0. The van der Waals surface area contributed by atoms with Gasteiger partial charge in [0.15, 0.2) is 0 Å². The molecule has 0 amide bonds. The van der Waals surface area contributed by atoms with Gasteiger partial charge in [-0.1, -0.05) is 55.1 Å². The second kappa shape index (κ2) is 4.88. The Bertz CT molecular complexity index is 512. The molecule has 0 aromatic heterocycles. The second-order valence-electron chi connectivity index (χ2n) is 4.21. The first-order chi connectivity index (χ1) is 8.24. The van der Waals surface area contributed by atoms with Crippen LogP contribution in [-0.4, -0.2) is 14.1 Å². The van der Waals surface area contributed by atoms with Crippen molar-refractivity contribution < 1.29 is 0 Å². The fourth-order valence-corrected chi connectivity index (χ4v) is 2.02. The van der Waals surface area contributed by atoms with Crippen LogP contribution in [0.15, 0.2) is 55.1 Å². The van der Waals surface area contributed by atoms with Gasteiger partial charge in [0, 0.05) is 25.3 Å². The SMILES string of the molecule is C=Cc1cccc(N(C)C)c1-c1ccccc1. The zero-order valence-corrected chi connectivity index (χ0v) is 10.4. The van der Waals surface area contributed by atoms with E-state index >= 15 is 0 Å². The van der Waals surface area contributed by atoms with Crippen LogP contribution in [0.4, 0.5) is 5.69 Å². The van der Waals surface area contributed by atoms with E-state index in [0.29, 0.717) is 0 Å². The molecule has 0 atom stereocenters. The van der Waals surface area contributed by atoms with E-state index in [1.165, 1.54) is 22.4 Å². The first kappa shape index (κ1) is 11.5. The number of anilines is 1. The maximum Gasteiger partial charge on any atom is 0.0446 e. The minimum absolute atomic E-state index is 1.17. The van der Waals surface area contributed by atoms with Crippen molar-refractivity contribution >= 4 is 11.8 Å². The lowest BCUT2D eigenvalue weighted by Gasteiger charge is -2.19. The molecule has 0 unspecified atom stereocenters. The van der Waals surface area contributed by atoms with Crippen LogP contribution in [0, 0.1) is 0 Å². The van der Waals surface area contributed by atoms with Gasteiger partial charge in [0.25, 0.3) is 0 Å². The zero-order chi connectivity index (χ0) is 12.3. The van der Waals surface area contributed by atoms with Gasteiger partial charge in [-0.25, -0.2) is 0 Å². The molecular formula is C16H17N. The van der Waals surface area contributed by atoms with Gasteiger partial charge in [0.05, 0.1) is 0 Å². The van der Waals surface area contributed by atoms with Crippen molar-refractivity contribution in [3.8, 4) is 11.1 Å². The Balaban J connectivity index is 2.69. The van der Waals surface area contributed by atoms with Gasteiger partial charge in [-0.05, 0) is 17.2 Å². The lowest BCUT2D eigenvalue weighted by Crippen LogP contribution is -2.10. The highest BCUT2D eigenvalue weighted by molar-refractivity contribution is 5.85. The first-order valence-corrected chi connectivity index (χ1v) is 5.72. The summed E-state index contributed by atoms with van der Waals surface area (Å²) in [5, 5.41) is 0. The third-order valence-electron chi connectivity index (χ3n) is 2.84. The Labute approximate surface area is 103 Å². The average Bonchev–Trinajstić information content (AvgIpc) is 2.38. The van der Waals surface area contributed by atoms with Gasteiger partial charge >= 0.3 is 0 Å². The Morgan fingerprint density at radius 1 is 0.941 bits per heavy atom. The van der Waals surface area contributed by atoms with E-state index in [-0.39, 0.29) is 0 Å². The van der Waals surface area contributed by atoms with Crippen molar-refractivity contribution in [2.24, 2.45) is 0 Å². The highest BCUT2D eigenvalue weighted by Crippen LogP contribution is 2.33. The molecule has 0 saturated heterocycles. The van der Waals surface area contributed by atoms with Gasteiger partial charge in [0.1, 0.15) is 0 Å². The smallest absolute Gasteiger partial charge is 0.0446 e. The molecule has 2 aromatic rings. The molecule has 0 saturated carbocycles. The summed E-state index contributed by atoms with van der Waals surface area (Å²) in [5.41, 5.74) is 4.86. The summed E-state index contributed by atoms with van der Waals surface area (Å²) in [5.74, 6) is 0. The van der Waals surface area contributed by atoms with Gasteiger partial charge < -0.3 is 4.90 Å². The molecule has 0 aliphatic heterocycles. The molecule has 2 rings (SSSR count). The summed E-state index contributed by atoms with van der Waals surface area (Å²) < 4.78 is 0. The molecule has 1 heteroatoms. The average molecular weight is 223 g/mol. The lowest BCUT2D eigenvalue weighted by atomic mass is 9.97. The fraction of sp³-hybridized carbons (Fsp3) is 0.125. The number of hydrogen-bond acceptors (Lipinski definition) is 1. The van der Waals surface area contributed by atoms with Crippen LogP contribution < -0.4 is 4.90 Å². The van der Waals surface area contributed by atoms with Gasteiger partial charge in [0.2, 0.25) is 0 Å². The fourth-order valence-electron chi connectivity index (χ4n) is 2.02. The largest absolute Gasteiger partial charge is 0.377 e. The summed E-state index contributed by atoms with van der Waals surface area (Å²) in [4.78, 5) is 2.13. The van der Waals surface area contributed by atoms with E-state index < -0.39 is 0 Å². The second-order valence-corrected chi connectivity index (χ2v) is 4.21. The molecule has 0 radical (unpaired) electrons. The zero-order valence-electron chi connectivity index (χ0n) is 10.4. The summed E-state index contributed by atoms with van der Waals surface area (Å²) in [6, 6.07) is 16.7. The molecule has 0 N–H and O–H groups in total. The summed E-state index contributed by atoms with van der Waals surface area (Å²) in [6.45, 7) is 3.90. The normalized spacial score (nSPS) is 10.0. The predicted octanol–water partition coefficient (Wildman–Crippen LogP) is 4.06. The molecular weight excluding hydrogens is 206 g/mol. The topological polar surface area (TPSA) is 3.24 Å². The molecule has 1 nitrogen and oxygen atoms in total. The third-order valence-corrected chi connectivity index (χ3v) is 2.84. The van der Waals surface area contributed by atoms with Crippen molar-refractivity contribution in [2.45, 2.75) is 0 Å². The molecule has 0 fully saturated rings. The Morgan fingerprint density at radius 3 is 2.24 bits per heavy atom. The van der Waals surface area contributed by atoms with Crippen LogP contribution in [0.2, 0.25) is 0 Å². The molecule has 0 aliphatic rings. The van der Waals surface area contributed by atoms with E-state index in [9.17, 15) is 0 Å². The molecule has 0 aliphatic carbocycles. The van der Waals surface area contributed by atoms with Gasteiger partial charge in [-0.3, -0.25) is 0 Å². The van der Waals surface area contributed by atoms with Crippen molar-refractivity contribution in [3.05, 3.63) is 60.7 Å². The molecule has 0 heterocycles. The minimum atomic E-state index is 1.17. The van der Waals surface area contributed by atoms with Crippen LogP contribution >= 0.6 is 0 Å². The highest BCUT2D eigenvalue weighted by Gasteiger charge is 2.09. The molecule has 17 heavy (non-hydrogen) atoms. The van der Waals surface area contributed by atoms with E-state index in [2.05, 4.69) is 68.0 Å². The van der Waals surface area contributed by atoms with E-state index in [1.807, 2.05) is 12.1 Å². The maximum absolute atomic E-state index is 3.90. The molecule has 2 aromatic carbocycles. The highest BCUT2D eigenvalue weighted by atomic mass is 15.1. The first-order valence-electron chi connectivity index (χ1n) is 5.72. The van der Waals surface area contributed by atoms with Crippen molar-refractivity contribution in [1.82, 2.24) is 0 Å².